The maximum atomic E-state index is 3.57. The zero-order valence-electron chi connectivity index (χ0n) is 10.5. The highest BCUT2D eigenvalue weighted by Crippen LogP contribution is 2.26. The van der Waals surface area contributed by atoms with Crippen molar-refractivity contribution in [1.82, 2.24) is 10.2 Å². The molecular formula is C14H21BrN2. The van der Waals surface area contributed by atoms with Crippen LogP contribution in [0.3, 0.4) is 0 Å². The predicted molar refractivity (Wildman–Crippen MR) is 76.2 cm³/mol. The van der Waals surface area contributed by atoms with Crippen LogP contribution in [-0.2, 0) is 0 Å². The molecular weight excluding hydrogens is 276 g/mol. The Morgan fingerprint density at radius 1 is 1.35 bits per heavy atom. The lowest BCUT2D eigenvalue weighted by Crippen LogP contribution is -2.32. The summed E-state index contributed by atoms with van der Waals surface area (Å²) >= 11 is 3.57. The summed E-state index contributed by atoms with van der Waals surface area (Å²) in [5.74, 6) is 0. The fraction of sp³-hybridized carbons (Fsp3) is 0.571. The van der Waals surface area contributed by atoms with Gasteiger partial charge in [-0.1, -0.05) is 35.0 Å². The van der Waals surface area contributed by atoms with Gasteiger partial charge < -0.3 is 5.32 Å². The summed E-state index contributed by atoms with van der Waals surface area (Å²) in [7, 11) is 0. The summed E-state index contributed by atoms with van der Waals surface area (Å²) in [6.45, 7) is 6.92. The van der Waals surface area contributed by atoms with E-state index in [1.54, 1.807) is 0 Å². The molecule has 1 aliphatic heterocycles. The maximum absolute atomic E-state index is 3.57. The van der Waals surface area contributed by atoms with Gasteiger partial charge in [0.25, 0.3) is 0 Å². The van der Waals surface area contributed by atoms with E-state index in [-0.39, 0.29) is 0 Å². The van der Waals surface area contributed by atoms with Crippen LogP contribution in [0.2, 0.25) is 0 Å². The largest absolute Gasteiger partial charge is 0.315 e. The van der Waals surface area contributed by atoms with Crippen LogP contribution < -0.4 is 5.32 Å². The number of hydrogen-bond donors (Lipinski definition) is 1. The Morgan fingerprint density at radius 2 is 2.24 bits per heavy atom. The molecule has 1 unspecified atom stereocenters. The van der Waals surface area contributed by atoms with Crippen molar-refractivity contribution in [2.24, 2.45) is 0 Å². The molecule has 0 spiro atoms. The van der Waals surface area contributed by atoms with Crippen molar-refractivity contribution < 1.29 is 0 Å². The molecule has 0 radical (unpaired) electrons. The molecule has 0 saturated carbocycles. The van der Waals surface area contributed by atoms with Crippen molar-refractivity contribution in [2.75, 3.05) is 26.2 Å². The molecule has 0 aliphatic carbocycles. The molecule has 1 N–H and O–H groups in total. The van der Waals surface area contributed by atoms with Gasteiger partial charge in [0, 0.05) is 30.1 Å². The first kappa shape index (κ1) is 13.1. The first-order valence-corrected chi connectivity index (χ1v) is 7.31. The molecule has 1 aliphatic rings. The van der Waals surface area contributed by atoms with Gasteiger partial charge in [-0.05, 0) is 37.1 Å². The smallest absolute Gasteiger partial charge is 0.0346 e. The number of halogens is 1. The molecule has 0 bridgehead atoms. The molecule has 1 saturated heterocycles. The van der Waals surface area contributed by atoms with Gasteiger partial charge in [0.15, 0.2) is 0 Å². The lowest BCUT2D eigenvalue weighted by molar-refractivity contribution is 0.205. The van der Waals surface area contributed by atoms with Gasteiger partial charge in [-0.15, -0.1) is 0 Å². The summed E-state index contributed by atoms with van der Waals surface area (Å²) in [6, 6.07) is 9.30. The van der Waals surface area contributed by atoms with Gasteiger partial charge in [-0.25, -0.2) is 0 Å². The molecule has 17 heavy (non-hydrogen) atoms. The summed E-state index contributed by atoms with van der Waals surface area (Å²) in [4.78, 5) is 2.61. The Balaban J connectivity index is 2.14. The second kappa shape index (κ2) is 6.53. The predicted octanol–water partition coefficient (Wildman–Crippen LogP) is 3.20. The van der Waals surface area contributed by atoms with Crippen molar-refractivity contribution in [2.45, 2.75) is 25.8 Å². The molecule has 1 aromatic carbocycles. The molecule has 1 atom stereocenters. The Kier molecular flexibility index (Phi) is 5.01. The standard InChI is InChI=1S/C14H21BrN2/c1-2-14(12-5-3-6-13(15)11-12)17-9-4-7-16-8-10-17/h3,5-6,11,14,16H,2,4,7-10H2,1H3. The van der Waals surface area contributed by atoms with Crippen LogP contribution in [0.25, 0.3) is 0 Å². The average molecular weight is 297 g/mol. The van der Waals surface area contributed by atoms with E-state index in [0.717, 1.165) is 19.6 Å². The summed E-state index contributed by atoms with van der Waals surface area (Å²) in [6.07, 6.45) is 2.43. The zero-order valence-corrected chi connectivity index (χ0v) is 12.0. The van der Waals surface area contributed by atoms with Crippen molar-refractivity contribution in [3.63, 3.8) is 0 Å². The van der Waals surface area contributed by atoms with E-state index in [0.29, 0.717) is 6.04 Å². The molecule has 2 nitrogen and oxygen atoms in total. The second-order valence-electron chi connectivity index (χ2n) is 4.62. The van der Waals surface area contributed by atoms with Gasteiger partial charge in [0.05, 0.1) is 0 Å². The first-order chi connectivity index (χ1) is 8.31. The number of nitrogens with zero attached hydrogens (tertiary/aromatic N) is 1. The van der Waals surface area contributed by atoms with Crippen molar-refractivity contribution >= 4 is 15.9 Å². The van der Waals surface area contributed by atoms with E-state index in [1.807, 2.05) is 0 Å². The Labute approximate surface area is 113 Å². The van der Waals surface area contributed by atoms with Gasteiger partial charge >= 0.3 is 0 Å². The fourth-order valence-corrected chi connectivity index (χ4v) is 3.01. The van der Waals surface area contributed by atoms with Crippen LogP contribution in [-0.4, -0.2) is 31.1 Å². The van der Waals surface area contributed by atoms with E-state index >= 15 is 0 Å². The van der Waals surface area contributed by atoms with Gasteiger partial charge in [0.2, 0.25) is 0 Å². The molecule has 0 aromatic heterocycles. The van der Waals surface area contributed by atoms with E-state index < -0.39 is 0 Å². The van der Waals surface area contributed by atoms with E-state index in [1.165, 1.54) is 29.4 Å². The summed E-state index contributed by atoms with van der Waals surface area (Å²) in [5.41, 5.74) is 1.43. The highest BCUT2D eigenvalue weighted by Gasteiger charge is 2.19. The quantitative estimate of drug-likeness (QED) is 0.921. The van der Waals surface area contributed by atoms with Gasteiger partial charge in [-0.3, -0.25) is 4.90 Å². The topological polar surface area (TPSA) is 15.3 Å². The normalized spacial score (nSPS) is 19.9. The monoisotopic (exact) mass is 296 g/mol. The molecule has 1 fully saturated rings. The minimum atomic E-state index is 0.562. The van der Waals surface area contributed by atoms with E-state index in [2.05, 4.69) is 57.3 Å². The lowest BCUT2D eigenvalue weighted by Gasteiger charge is -2.30. The zero-order chi connectivity index (χ0) is 12.1. The Bertz CT molecular complexity index is 346. The van der Waals surface area contributed by atoms with Crippen molar-refractivity contribution in [3.8, 4) is 0 Å². The van der Waals surface area contributed by atoms with Crippen LogP contribution in [0.15, 0.2) is 28.7 Å². The molecule has 1 aromatic rings. The van der Waals surface area contributed by atoms with Gasteiger partial charge in [-0.2, -0.15) is 0 Å². The lowest BCUT2D eigenvalue weighted by atomic mass is 10.0. The third kappa shape index (κ3) is 3.54. The van der Waals surface area contributed by atoms with Crippen LogP contribution in [0.4, 0.5) is 0 Å². The SMILES string of the molecule is CCC(c1cccc(Br)c1)N1CCCNCC1. The first-order valence-electron chi connectivity index (χ1n) is 6.51. The minimum Gasteiger partial charge on any atom is -0.315 e. The fourth-order valence-electron chi connectivity index (χ4n) is 2.60. The number of benzene rings is 1. The van der Waals surface area contributed by atoms with Crippen LogP contribution in [0, 0.1) is 0 Å². The molecule has 0 amide bonds. The van der Waals surface area contributed by atoms with Crippen molar-refractivity contribution in [3.05, 3.63) is 34.3 Å². The van der Waals surface area contributed by atoms with Crippen LogP contribution >= 0.6 is 15.9 Å². The Morgan fingerprint density at radius 3 is 3.00 bits per heavy atom. The molecule has 94 valence electrons. The van der Waals surface area contributed by atoms with E-state index in [4.69, 9.17) is 0 Å². The summed E-state index contributed by atoms with van der Waals surface area (Å²) < 4.78 is 1.18. The average Bonchev–Trinajstić information content (AvgIpc) is 2.59. The van der Waals surface area contributed by atoms with Crippen LogP contribution in [0.1, 0.15) is 31.4 Å². The summed E-state index contributed by atoms with van der Waals surface area (Å²) in [5, 5.41) is 3.47. The molecule has 1 heterocycles. The third-order valence-corrected chi connectivity index (χ3v) is 3.93. The molecule has 3 heteroatoms. The van der Waals surface area contributed by atoms with Gasteiger partial charge in [0.1, 0.15) is 0 Å². The maximum Gasteiger partial charge on any atom is 0.0346 e. The molecule has 2 rings (SSSR count). The van der Waals surface area contributed by atoms with Crippen LogP contribution in [0.5, 0.6) is 0 Å². The van der Waals surface area contributed by atoms with Crippen molar-refractivity contribution in [1.29, 1.82) is 0 Å². The number of nitrogens with one attached hydrogen (secondary N) is 1. The number of rotatable bonds is 3. The minimum absolute atomic E-state index is 0.562. The highest BCUT2D eigenvalue weighted by atomic mass is 79.9. The second-order valence-corrected chi connectivity index (χ2v) is 5.53. The van der Waals surface area contributed by atoms with E-state index in [9.17, 15) is 0 Å². The number of hydrogen-bond acceptors (Lipinski definition) is 2. The third-order valence-electron chi connectivity index (χ3n) is 3.44. The highest BCUT2D eigenvalue weighted by molar-refractivity contribution is 9.10. The Hall–Kier alpha value is -0.380.